The van der Waals surface area contributed by atoms with Gasteiger partial charge in [0.15, 0.2) is 0 Å². The standard InChI is InChI=1S/C13H15Cl2N3O/c1-8(13-17-16-9(2)19-13)18(3)7-10-4-11(14)6-12(15)5-10/h4-6,8H,7H2,1-3H3/t8-/m0/s1. The first-order chi connectivity index (χ1) is 8.95. The molecule has 0 fully saturated rings. The summed E-state index contributed by atoms with van der Waals surface area (Å²) in [5.74, 6) is 1.18. The van der Waals surface area contributed by atoms with Crippen LogP contribution in [0.5, 0.6) is 0 Å². The van der Waals surface area contributed by atoms with Crippen molar-refractivity contribution < 1.29 is 4.42 Å². The number of aryl methyl sites for hydroxylation is 1. The van der Waals surface area contributed by atoms with Gasteiger partial charge in [0.2, 0.25) is 11.8 Å². The molecule has 6 heteroatoms. The van der Waals surface area contributed by atoms with Gasteiger partial charge < -0.3 is 4.42 Å². The Morgan fingerprint density at radius 3 is 2.37 bits per heavy atom. The number of hydrogen-bond donors (Lipinski definition) is 0. The fourth-order valence-corrected chi connectivity index (χ4v) is 2.37. The lowest BCUT2D eigenvalue weighted by atomic mass is 10.2. The van der Waals surface area contributed by atoms with Gasteiger partial charge in [-0.1, -0.05) is 23.2 Å². The highest BCUT2D eigenvalue weighted by Crippen LogP contribution is 2.23. The molecule has 1 heterocycles. The summed E-state index contributed by atoms with van der Waals surface area (Å²) in [6.07, 6.45) is 0. The van der Waals surface area contributed by atoms with E-state index in [4.69, 9.17) is 27.6 Å². The lowest BCUT2D eigenvalue weighted by Gasteiger charge is -2.21. The van der Waals surface area contributed by atoms with Crippen LogP contribution in [0.4, 0.5) is 0 Å². The maximum absolute atomic E-state index is 5.99. The van der Waals surface area contributed by atoms with Crippen LogP contribution in [-0.4, -0.2) is 22.1 Å². The van der Waals surface area contributed by atoms with Crippen molar-refractivity contribution >= 4 is 23.2 Å². The molecule has 0 spiro atoms. The zero-order chi connectivity index (χ0) is 14.0. The minimum absolute atomic E-state index is 0.0268. The Morgan fingerprint density at radius 1 is 1.21 bits per heavy atom. The molecule has 0 radical (unpaired) electrons. The molecule has 1 aromatic heterocycles. The van der Waals surface area contributed by atoms with Gasteiger partial charge in [-0.3, -0.25) is 4.90 Å². The largest absolute Gasteiger partial charge is 0.424 e. The third-order valence-corrected chi connectivity index (χ3v) is 3.35. The summed E-state index contributed by atoms with van der Waals surface area (Å²) < 4.78 is 5.44. The number of nitrogens with zero attached hydrogens (tertiary/aromatic N) is 3. The van der Waals surface area contributed by atoms with Crippen molar-refractivity contribution in [1.82, 2.24) is 15.1 Å². The minimum Gasteiger partial charge on any atom is -0.424 e. The summed E-state index contributed by atoms with van der Waals surface area (Å²) in [7, 11) is 1.99. The number of benzene rings is 1. The third kappa shape index (κ3) is 3.69. The molecule has 2 rings (SSSR count). The molecule has 0 aliphatic heterocycles. The average molecular weight is 300 g/mol. The fourth-order valence-electron chi connectivity index (χ4n) is 1.80. The Labute approximate surface area is 122 Å². The number of aromatic nitrogens is 2. The maximum atomic E-state index is 5.99. The predicted molar refractivity (Wildman–Crippen MR) is 75.4 cm³/mol. The molecule has 1 aromatic carbocycles. The maximum Gasteiger partial charge on any atom is 0.233 e. The van der Waals surface area contributed by atoms with Crippen molar-refractivity contribution in [3.05, 3.63) is 45.6 Å². The molecule has 0 unspecified atom stereocenters. The summed E-state index contributed by atoms with van der Waals surface area (Å²) in [5.41, 5.74) is 1.04. The molecule has 0 bridgehead atoms. The summed E-state index contributed by atoms with van der Waals surface area (Å²) in [6, 6.07) is 5.54. The molecule has 0 N–H and O–H groups in total. The Balaban J connectivity index is 2.10. The first-order valence-corrected chi connectivity index (χ1v) is 6.66. The number of rotatable bonds is 4. The topological polar surface area (TPSA) is 42.2 Å². The fraction of sp³-hybridized carbons (Fsp3) is 0.385. The van der Waals surface area contributed by atoms with Crippen molar-refractivity contribution in [3.8, 4) is 0 Å². The van der Waals surface area contributed by atoms with Crippen LogP contribution in [0.25, 0.3) is 0 Å². The van der Waals surface area contributed by atoms with Gasteiger partial charge >= 0.3 is 0 Å². The first kappa shape index (κ1) is 14.3. The molecule has 2 aromatic rings. The molecular formula is C13H15Cl2N3O. The Bertz CT molecular complexity index is 551. The van der Waals surface area contributed by atoms with Gasteiger partial charge in [-0.2, -0.15) is 0 Å². The number of halogens is 2. The zero-order valence-electron chi connectivity index (χ0n) is 11.0. The van der Waals surface area contributed by atoms with Crippen molar-refractivity contribution in [1.29, 1.82) is 0 Å². The monoisotopic (exact) mass is 299 g/mol. The van der Waals surface area contributed by atoms with Crippen LogP contribution in [0.1, 0.15) is 30.3 Å². The van der Waals surface area contributed by atoms with Gasteiger partial charge in [-0.25, -0.2) is 0 Å². The quantitative estimate of drug-likeness (QED) is 0.859. The van der Waals surface area contributed by atoms with E-state index in [9.17, 15) is 0 Å². The minimum atomic E-state index is 0.0268. The molecule has 19 heavy (non-hydrogen) atoms. The van der Waals surface area contributed by atoms with E-state index in [-0.39, 0.29) is 6.04 Å². The van der Waals surface area contributed by atoms with Crippen LogP contribution in [0.2, 0.25) is 10.0 Å². The van der Waals surface area contributed by atoms with Crippen molar-refractivity contribution in [3.63, 3.8) is 0 Å². The van der Waals surface area contributed by atoms with Gasteiger partial charge in [-0.15, -0.1) is 10.2 Å². The smallest absolute Gasteiger partial charge is 0.233 e. The van der Waals surface area contributed by atoms with Crippen LogP contribution in [0.3, 0.4) is 0 Å². The molecular weight excluding hydrogens is 285 g/mol. The van der Waals surface area contributed by atoms with Crippen LogP contribution in [0.15, 0.2) is 22.6 Å². The van der Waals surface area contributed by atoms with E-state index in [2.05, 4.69) is 15.1 Å². The molecule has 0 aliphatic rings. The van der Waals surface area contributed by atoms with Gasteiger partial charge in [-0.05, 0) is 37.7 Å². The SMILES string of the molecule is Cc1nnc([C@H](C)N(C)Cc2cc(Cl)cc(Cl)c2)o1. The van der Waals surface area contributed by atoms with E-state index in [1.165, 1.54) is 0 Å². The van der Waals surface area contributed by atoms with Crippen LogP contribution < -0.4 is 0 Å². The summed E-state index contributed by atoms with van der Waals surface area (Å²) >= 11 is 12.0. The van der Waals surface area contributed by atoms with Gasteiger partial charge in [0.25, 0.3) is 0 Å². The third-order valence-electron chi connectivity index (χ3n) is 2.91. The van der Waals surface area contributed by atoms with Crippen molar-refractivity contribution in [2.24, 2.45) is 0 Å². The molecule has 4 nitrogen and oxygen atoms in total. The lowest BCUT2D eigenvalue weighted by Crippen LogP contribution is -2.22. The van der Waals surface area contributed by atoms with Crippen LogP contribution in [0, 0.1) is 6.92 Å². The second-order valence-electron chi connectivity index (χ2n) is 4.53. The zero-order valence-corrected chi connectivity index (χ0v) is 12.5. The van der Waals surface area contributed by atoms with E-state index in [0.717, 1.165) is 5.56 Å². The van der Waals surface area contributed by atoms with Gasteiger partial charge in [0.05, 0.1) is 6.04 Å². The molecule has 102 valence electrons. The highest BCUT2D eigenvalue weighted by molar-refractivity contribution is 6.34. The summed E-state index contributed by atoms with van der Waals surface area (Å²) in [4.78, 5) is 2.09. The van der Waals surface area contributed by atoms with E-state index >= 15 is 0 Å². The highest BCUT2D eigenvalue weighted by Gasteiger charge is 2.18. The van der Waals surface area contributed by atoms with E-state index in [0.29, 0.717) is 28.4 Å². The second kappa shape index (κ2) is 5.90. The van der Waals surface area contributed by atoms with Crippen LogP contribution in [-0.2, 0) is 6.54 Å². The van der Waals surface area contributed by atoms with E-state index in [1.807, 2.05) is 26.1 Å². The first-order valence-electron chi connectivity index (χ1n) is 5.91. The highest BCUT2D eigenvalue weighted by atomic mass is 35.5. The average Bonchev–Trinajstić information content (AvgIpc) is 2.73. The summed E-state index contributed by atoms with van der Waals surface area (Å²) in [6.45, 7) is 4.49. The van der Waals surface area contributed by atoms with Gasteiger partial charge in [0, 0.05) is 23.5 Å². The molecule has 0 aliphatic carbocycles. The Kier molecular flexibility index (Phi) is 4.45. The van der Waals surface area contributed by atoms with E-state index < -0.39 is 0 Å². The predicted octanol–water partition coefficient (Wildman–Crippen LogP) is 3.88. The van der Waals surface area contributed by atoms with Crippen molar-refractivity contribution in [2.75, 3.05) is 7.05 Å². The van der Waals surface area contributed by atoms with Crippen LogP contribution >= 0.6 is 23.2 Å². The molecule has 0 saturated heterocycles. The second-order valence-corrected chi connectivity index (χ2v) is 5.40. The van der Waals surface area contributed by atoms with Crippen molar-refractivity contribution in [2.45, 2.75) is 26.4 Å². The Hall–Kier alpha value is -1.10. The molecule has 1 atom stereocenters. The Morgan fingerprint density at radius 2 is 1.84 bits per heavy atom. The van der Waals surface area contributed by atoms with Gasteiger partial charge in [0.1, 0.15) is 0 Å². The normalized spacial score (nSPS) is 12.9. The molecule has 0 amide bonds. The number of hydrogen-bond acceptors (Lipinski definition) is 4. The lowest BCUT2D eigenvalue weighted by molar-refractivity contribution is 0.215. The van der Waals surface area contributed by atoms with E-state index in [1.54, 1.807) is 13.0 Å². The summed E-state index contributed by atoms with van der Waals surface area (Å²) in [5, 5.41) is 9.15. The molecule has 0 saturated carbocycles.